The molecule has 1 unspecified atom stereocenters. The Morgan fingerprint density at radius 1 is 0.737 bits per heavy atom. The maximum Gasteiger partial charge on any atom is 0.00300 e. The van der Waals surface area contributed by atoms with Crippen LogP contribution in [0.3, 0.4) is 0 Å². The molecule has 1 aromatic rings. The number of allylic oxidation sites excluding steroid dienone is 2. The first-order valence-corrected chi connectivity index (χ1v) is 8.25. The highest BCUT2D eigenvalue weighted by Crippen LogP contribution is 2.41. The van der Waals surface area contributed by atoms with Gasteiger partial charge in [0, 0.05) is 5.92 Å². The van der Waals surface area contributed by atoms with Crippen LogP contribution in [0.5, 0.6) is 0 Å². The minimum atomic E-state index is 0.715. The first kappa shape index (κ1) is 13.0. The van der Waals surface area contributed by atoms with Crippen LogP contribution in [0.2, 0.25) is 0 Å². The van der Waals surface area contributed by atoms with Gasteiger partial charge in [-0.1, -0.05) is 75.3 Å². The number of hydrogen-bond acceptors (Lipinski definition) is 0. The molecule has 0 nitrogen and oxygen atoms in total. The van der Waals surface area contributed by atoms with E-state index in [1.807, 2.05) is 0 Å². The van der Waals surface area contributed by atoms with Gasteiger partial charge in [-0.3, -0.25) is 0 Å². The smallest absolute Gasteiger partial charge is 0.00300 e. The maximum absolute atomic E-state index is 2.59. The Bertz CT molecular complexity index is 441. The molecular formula is C19H26. The Balaban J connectivity index is 1.77. The van der Waals surface area contributed by atoms with E-state index in [1.165, 1.54) is 64.2 Å². The fraction of sp³-hybridized carbons (Fsp3) is 0.579. The van der Waals surface area contributed by atoms with E-state index >= 15 is 0 Å². The lowest BCUT2D eigenvalue weighted by Crippen LogP contribution is -1.93. The van der Waals surface area contributed by atoms with Crippen molar-refractivity contribution >= 4 is 5.57 Å². The lowest BCUT2D eigenvalue weighted by molar-refractivity contribution is 0.554. The average Bonchev–Trinajstić information content (AvgIpc) is 2.80. The van der Waals surface area contributed by atoms with Gasteiger partial charge in [0.05, 0.1) is 0 Å². The van der Waals surface area contributed by atoms with Crippen LogP contribution in [-0.2, 0) is 0 Å². The normalized spacial score (nSPS) is 24.6. The van der Waals surface area contributed by atoms with Crippen molar-refractivity contribution < 1.29 is 0 Å². The zero-order valence-corrected chi connectivity index (χ0v) is 12.0. The van der Waals surface area contributed by atoms with Gasteiger partial charge in [-0.25, -0.2) is 0 Å². The first-order valence-electron chi connectivity index (χ1n) is 8.25. The van der Waals surface area contributed by atoms with E-state index in [-0.39, 0.29) is 0 Å². The molecule has 1 atom stereocenters. The van der Waals surface area contributed by atoms with Crippen LogP contribution in [0, 0.1) is 0 Å². The highest BCUT2D eigenvalue weighted by Gasteiger charge is 2.22. The third kappa shape index (κ3) is 3.11. The lowest BCUT2D eigenvalue weighted by Gasteiger charge is -2.11. The van der Waals surface area contributed by atoms with Gasteiger partial charge in [-0.2, -0.15) is 0 Å². The van der Waals surface area contributed by atoms with Crippen LogP contribution in [0.15, 0.2) is 30.3 Å². The minimum absolute atomic E-state index is 0.715. The van der Waals surface area contributed by atoms with E-state index in [2.05, 4.69) is 30.3 Å². The fourth-order valence-electron chi connectivity index (χ4n) is 3.73. The predicted molar refractivity (Wildman–Crippen MR) is 83.3 cm³/mol. The van der Waals surface area contributed by atoms with Crippen molar-refractivity contribution in [3.05, 3.63) is 41.5 Å². The molecule has 0 saturated carbocycles. The van der Waals surface area contributed by atoms with E-state index in [1.54, 1.807) is 16.7 Å². The molecule has 0 aliphatic heterocycles. The Morgan fingerprint density at radius 2 is 1.42 bits per heavy atom. The number of hydrogen-bond donors (Lipinski definition) is 0. The quantitative estimate of drug-likeness (QED) is 0.526. The van der Waals surface area contributed by atoms with Gasteiger partial charge in [-0.15, -0.1) is 0 Å². The van der Waals surface area contributed by atoms with E-state index in [9.17, 15) is 0 Å². The molecule has 2 aliphatic rings. The topological polar surface area (TPSA) is 0 Å². The molecule has 0 spiro atoms. The molecule has 0 fully saturated rings. The molecule has 102 valence electrons. The SMILES string of the molecule is C1=C2CCCCCCCCCCC1c1ccccc12. The number of fused-ring (bicyclic) bond motifs is 4. The van der Waals surface area contributed by atoms with Crippen molar-refractivity contribution in [1.82, 2.24) is 0 Å². The molecule has 2 aliphatic carbocycles. The van der Waals surface area contributed by atoms with Crippen LogP contribution in [0.25, 0.3) is 5.57 Å². The Morgan fingerprint density at radius 3 is 2.26 bits per heavy atom. The zero-order chi connectivity index (χ0) is 12.9. The third-order valence-corrected chi connectivity index (χ3v) is 4.82. The summed E-state index contributed by atoms with van der Waals surface area (Å²) < 4.78 is 0. The van der Waals surface area contributed by atoms with Gasteiger partial charge in [-0.05, 0) is 36.0 Å². The molecule has 0 N–H and O–H groups in total. The molecule has 19 heavy (non-hydrogen) atoms. The van der Waals surface area contributed by atoms with Gasteiger partial charge in [0.1, 0.15) is 0 Å². The van der Waals surface area contributed by atoms with Gasteiger partial charge >= 0.3 is 0 Å². The van der Waals surface area contributed by atoms with Crippen molar-refractivity contribution in [3.8, 4) is 0 Å². The second kappa shape index (κ2) is 6.41. The molecule has 0 aromatic heterocycles. The highest BCUT2D eigenvalue weighted by atomic mass is 14.3. The summed E-state index contributed by atoms with van der Waals surface area (Å²) in [4.78, 5) is 0. The van der Waals surface area contributed by atoms with Crippen LogP contribution in [-0.4, -0.2) is 0 Å². The summed E-state index contributed by atoms with van der Waals surface area (Å²) >= 11 is 0. The first-order chi connectivity index (χ1) is 9.45. The summed E-state index contributed by atoms with van der Waals surface area (Å²) in [5.41, 5.74) is 4.80. The van der Waals surface area contributed by atoms with Crippen LogP contribution in [0.1, 0.15) is 81.3 Å². The van der Waals surface area contributed by atoms with Crippen LogP contribution >= 0.6 is 0 Å². The lowest BCUT2D eigenvalue weighted by atomic mass is 9.94. The number of benzene rings is 1. The number of rotatable bonds is 0. The summed E-state index contributed by atoms with van der Waals surface area (Å²) in [6.45, 7) is 0. The Hall–Kier alpha value is -1.04. The molecule has 0 amide bonds. The van der Waals surface area contributed by atoms with E-state index in [0.29, 0.717) is 5.92 Å². The largest absolute Gasteiger partial charge is 0.0732 e. The summed E-state index contributed by atoms with van der Waals surface area (Å²) in [5.74, 6) is 0.715. The standard InChI is InChI=1S/C19H26/c1-2-4-6-8-12-17-15-16(11-7-5-3-1)18-13-9-10-14-19(17)18/h9-10,13-16H,1-8,11-12H2. The maximum atomic E-state index is 2.59. The highest BCUT2D eigenvalue weighted by molar-refractivity contribution is 5.74. The molecule has 0 heteroatoms. The minimum Gasteiger partial charge on any atom is -0.0732 e. The van der Waals surface area contributed by atoms with Crippen molar-refractivity contribution in [3.63, 3.8) is 0 Å². The summed E-state index contributed by atoms with van der Waals surface area (Å²) in [6.07, 6.45) is 16.7. The van der Waals surface area contributed by atoms with Crippen molar-refractivity contribution in [1.29, 1.82) is 0 Å². The molecule has 0 heterocycles. The third-order valence-electron chi connectivity index (χ3n) is 4.82. The molecular weight excluding hydrogens is 228 g/mol. The second-order valence-corrected chi connectivity index (χ2v) is 6.25. The van der Waals surface area contributed by atoms with Gasteiger partial charge in [0.15, 0.2) is 0 Å². The van der Waals surface area contributed by atoms with Crippen molar-refractivity contribution in [2.24, 2.45) is 0 Å². The van der Waals surface area contributed by atoms with Crippen LogP contribution < -0.4 is 0 Å². The Kier molecular flexibility index (Phi) is 4.37. The van der Waals surface area contributed by atoms with Crippen molar-refractivity contribution in [2.75, 3.05) is 0 Å². The second-order valence-electron chi connectivity index (χ2n) is 6.25. The zero-order valence-electron chi connectivity index (χ0n) is 12.0. The fourth-order valence-corrected chi connectivity index (χ4v) is 3.73. The van der Waals surface area contributed by atoms with E-state index < -0.39 is 0 Å². The van der Waals surface area contributed by atoms with E-state index in [0.717, 1.165) is 0 Å². The predicted octanol–water partition coefficient (Wildman–Crippen LogP) is 6.08. The summed E-state index contributed by atoms with van der Waals surface area (Å²) in [5, 5.41) is 0. The molecule has 3 rings (SSSR count). The monoisotopic (exact) mass is 254 g/mol. The molecule has 0 saturated heterocycles. The molecule has 1 aromatic carbocycles. The summed E-state index contributed by atoms with van der Waals surface area (Å²) in [7, 11) is 0. The average molecular weight is 254 g/mol. The van der Waals surface area contributed by atoms with Crippen molar-refractivity contribution in [2.45, 2.75) is 70.1 Å². The van der Waals surface area contributed by atoms with Gasteiger partial charge in [0.25, 0.3) is 0 Å². The molecule has 2 bridgehead atoms. The van der Waals surface area contributed by atoms with Crippen LogP contribution in [0.4, 0.5) is 0 Å². The summed E-state index contributed by atoms with van der Waals surface area (Å²) in [6, 6.07) is 9.12. The van der Waals surface area contributed by atoms with Gasteiger partial charge in [0.2, 0.25) is 0 Å². The van der Waals surface area contributed by atoms with E-state index in [4.69, 9.17) is 0 Å². The van der Waals surface area contributed by atoms with Gasteiger partial charge < -0.3 is 0 Å². The molecule has 0 radical (unpaired) electrons. The Labute approximate surface area is 117 Å².